The Morgan fingerprint density at radius 3 is 2.71 bits per heavy atom. The van der Waals surface area contributed by atoms with E-state index in [0.717, 1.165) is 19.4 Å². The van der Waals surface area contributed by atoms with Gasteiger partial charge in [-0.25, -0.2) is 19.2 Å². The highest BCUT2D eigenvalue weighted by Crippen LogP contribution is 2.32. The average Bonchev–Trinajstić information content (AvgIpc) is 3.30. The van der Waals surface area contributed by atoms with Gasteiger partial charge in [-0.05, 0) is 37.6 Å². The van der Waals surface area contributed by atoms with E-state index in [-0.39, 0.29) is 23.5 Å². The molecule has 160 valence electrons. The first-order valence-electron chi connectivity index (χ1n) is 9.74. The van der Waals surface area contributed by atoms with Crippen molar-refractivity contribution in [1.82, 2.24) is 15.3 Å². The number of nitrogens with one attached hydrogen (secondary N) is 4. The number of rotatable bonds is 5. The summed E-state index contributed by atoms with van der Waals surface area (Å²) in [4.78, 5) is 33.3. The first kappa shape index (κ1) is 20.5. The van der Waals surface area contributed by atoms with Crippen molar-refractivity contribution in [1.29, 1.82) is 0 Å². The number of ether oxygens (including phenoxy) is 1. The lowest BCUT2D eigenvalue weighted by Crippen LogP contribution is -2.35. The Bertz CT molecular complexity index is 1130. The number of methoxy groups -OCH3 is 1. The Kier molecular flexibility index (Phi) is 5.89. The molecule has 3 aromatic rings. The molecule has 3 amide bonds. The van der Waals surface area contributed by atoms with E-state index in [9.17, 15) is 14.0 Å². The van der Waals surface area contributed by atoms with Gasteiger partial charge < -0.3 is 20.7 Å². The largest absolute Gasteiger partial charge is 0.494 e. The molecule has 0 bridgehead atoms. The van der Waals surface area contributed by atoms with E-state index in [1.54, 1.807) is 18.2 Å². The minimum Gasteiger partial charge on any atom is -0.494 e. The lowest BCUT2D eigenvalue weighted by molar-refractivity contribution is -0.117. The predicted octanol–water partition coefficient (Wildman–Crippen LogP) is 3.11. The van der Waals surface area contributed by atoms with E-state index in [0.29, 0.717) is 22.3 Å². The number of nitrogens with zero attached hydrogens (tertiary/aromatic N) is 2. The van der Waals surface area contributed by atoms with Crippen molar-refractivity contribution in [3.63, 3.8) is 0 Å². The molecule has 0 aliphatic carbocycles. The molecular formula is C21H21FN6O3. The number of para-hydroxylation sites is 1. The van der Waals surface area contributed by atoms with Crippen LogP contribution in [0.5, 0.6) is 5.75 Å². The van der Waals surface area contributed by atoms with Crippen molar-refractivity contribution < 1.29 is 18.7 Å². The molecule has 10 heteroatoms. The number of fused-ring (bicyclic) bond motifs is 1. The fourth-order valence-electron chi connectivity index (χ4n) is 3.40. The van der Waals surface area contributed by atoms with E-state index in [2.05, 4.69) is 31.2 Å². The first-order valence-corrected chi connectivity index (χ1v) is 9.74. The summed E-state index contributed by atoms with van der Waals surface area (Å²) in [6.45, 7) is 0.798. The quantitative estimate of drug-likeness (QED) is 0.500. The standard InChI is InChI=1S/C21H21FN6O3/c1-31-18-10-16-12(9-17(18)26-20(29)15-7-4-8-23-15)19(25-11-24-16)28-21(30)27-14-6-3-2-5-13(14)22/h2-3,5-6,9-11,15,23H,4,7-8H2,1H3,(H,26,29)(H2,24,25,27,28,30). The van der Waals surface area contributed by atoms with E-state index in [1.807, 2.05) is 0 Å². The lowest BCUT2D eigenvalue weighted by Gasteiger charge is -2.15. The van der Waals surface area contributed by atoms with Crippen LogP contribution in [-0.2, 0) is 4.79 Å². The highest BCUT2D eigenvalue weighted by Gasteiger charge is 2.23. The monoisotopic (exact) mass is 424 g/mol. The van der Waals surface area contributed by atoms with Crippen LogP contribution in [0.1, 0.15) is 12.8 Å². The second-order valence-corrected chi connectivity index (χ2v) is 6.99. The number of benzene rings is 2. The normalized spacial score (nSPS) is 15.5. The maximum absolute atomic E-state index is 13.8. The minimum absolute atomic E-state index is 0.0389. The summed E-state index contributed by atoms with van der Waals surface area (Å²) in [5.41, 5.74) is 0.975. The minimum atomic E-state index is -0.665. The summed E-state index contributed by atoms with van der Waals surface area (Å²) in [6.07, 6.45) is 2.99. The number of hydrogen-bond donors (Lipinski definition) is 4. The molecule has 1 unspecified atom stereocenters. The molecule has 31 heavy (non-hydrogen) atoms. The van der Waals surface area contributed by atoms with Gasteiger partial charge in [0.15, 0.2) is 0 Å². The predicted molar refractivity (Wildman–Crippen MR) is 115 cm³/mol. The Hall–Kier alpha value is -3.79. The Labute approximate surface area is 177 Å². The molecular weight excluding hydrogens is 403 g/mol. The van der Waals surface area contributed by atoms with Crippen molar-refractivity contribution in [2.24, 2.45) is 0 Å². The fourth-order valence-corrected chi connectivity index (χ4v) is 3.40. The number of aromatic nitrogens is 2. The molecule has 9 nitrogen and oxygen atoms in total. The third-order valence-electron chi connectivity index (χ3n) is 4.95. The molecule has 1 fully saturated rings. The van der Waals surface area contributed by atoms with Crippen LogP contribution in [0, 0.1) is 5.82 Å². The van der Waals surface area contributed by atoms with Gasteiger partial charge in [0.2, 0.25) is 5.91 Å². The van der Waals surface area contributed by atoms with Gasteiger partial charge in [-0.2, -0.15) is 0 Å². The summed E-state index contributed by atoms with van der Waals surface area (Å²) in [5, 5.41) is 11.5. The van der Waals surface area contributed by atoms with E-state index >= 15 is 0 Å². The second kappa shape index (κ2) is 8.92. The van der Waals surface area contributed by atoms with Crippen molar-refractivity contribution >= 4 is 40.0 Å². The van der Waals surface area contributed by atoms with Gasteiger partial charge in [0.1, 0.15) is 23.7 Å². The second-order valence-electron chi connectivity index (χ2n) is 6.99. The molecule has 0 saturated carbocycles. The van der Waals surface area contributed by atoms with Gasteiger partial charge in [0.05, 0.1) is 30.0 Å². The van der Waals surface area contributed by atoms with E-state index in [1.165, 1.54) is 31.6 Å². The van der Waals surface area contributed by atoms with Crippen LogP contribution in [-0.4, -0.2) is 41.6 Å². The molecule has 1 aliphatic heterocycles. The summed E-state index contributed by atoms with van der Waals surface area (Å²) in [7, 11) is 1.49. The third kappa shape index (κ3) is 4.53. The summed E-state index contributed by atoms with van der Waals surface area (Å²) < 4.78 is 19.2. The van der Waals surface area contributed by atoms with E-state index < -0.39 is 11.8 Å². The third-order valence-corrected chi connectivity index (χ3v) is 4.95. The average molecular weight is 424 g/mol. The zero-order valence-electron chi connectivity index (χ0n) is 16.7. The molecule has 1 aromatic heterocycles. The Morgan fingerprint density at radius 1 is 1.13 bits per heavy atom. The topological polar surface area (TPSA) is 117 Å². The molecule has 1 saturated heterocycles. The molecule has 1 aliphatic rings. The lowest BCUT2D eigenvalue weighted by atomic mass is 10.1. The number of anilines is 3. The van der Waals surface area contributed by atoms with Crippen LogP contribution in [0.15, 0.2) is 42.7 Å². The molecule has 0 radical (unpaired) electrons. The van der Waals surface area contributed by atoms with Crippen molar-refractivity contribution in [3.05, 3.63) is 48.5 Å². The summed E-state index contributed by atoms with van der Waals surface area (Å²) >= 11 is 0. The number of halogens is 1. The summed E-state index contributed by atoms with van der Waals surface area (Å²) in [6, 6.07) is 8.19. The van der Waals surface area contributed by atoms with Gasteiger partial charge in [0.25, 0.3) is 0 Å². The van der Waals surface area contributed by atoms with E-state index in [4.69, 9.17) is 4.74 Å². The van der Waals surface area contributed by atoms with Gasteiger partial charge in [-0.15, -0.1) is 0 Å². The molecule has 0 spiro atoms. The molecule has 2 aromatic carbocycles. The van der Waals surface area contributed by atoms with Crippen LogP contribution in [0.25, 0.3) is 10.9 Å². The van der Waals surface area contributed by atoms with Crippen molar-refractivity contribution in [3.8, 4) is 5.75 Å². The van der Waals surface area contributed by atoms with Crippen LogP contribution in [0.2, 0.25) is 0 Å². The van der Waals surface area contributed by atoms with Crippen LogP contribution in [0.3, 0.4) is 0 Å². The number of hydrogen-bond acceptors (Lipinski definition) is 6. The van der Waals surface area contributed by atoms with Gasteiger partial charge >= 0.3 is 6.03 Å². The highest BCUT2D eigenvalue weighted by molar-refractivity contribution is 6.06. The SMILES string of the molecule is COc1cc2ncnc(NC(=O)Nc3ccccc3F)c2cc1NC(=O)C1CCCN1. The maximum Gasteiger partial charge on any atom is 0.324 e. The molecule has 4 rings (SSSR count). The van der Waals surface area contributed by atoms with Crippen LogP contribution in [0.4, 0.5) is 26.4 Å². The van der Waals surface area contributed by atoms with Crippen molar-refractivity contribution in [2.45, 2.75) is 18.9 Å². The van der Waals surface area contributed by atoms with Crippen molar-refractivity contribution in [2.75, 3.05) is 29.6 Å². The smallest absolute Gasteiger partial charge is 0.324 e. The number of carbonyl (C=O) groups excluding carboxylic acids is 2. The van der Waals surface area contributed by atoms with Gasteiger partial charge in [-0.1, -0.05) is 12.1 Å². The van der Waals surface area contributed by atoms with Gasteiger partial charge in [0, 0.05) is 11.5 Å². The number of amides is 3. The molecule has 1 atom stereocenters. The molecule has 4 N–H and O–H groups in total. The van der Waals surface area contributed by atoms with Gasteiger partial charge in [-0.3, -0.25) is 10.1 Å². The molecule has 2 heterocycles. The Balaban J connectivity index is 1.60. The highest BCUT2D eigenvalue weighted by atomic mass is 19.1. The number of carbonyl (C=O) groups is 2. The zero-order valence-corrected chi connectivity index (χ0v) is 16.7. The number of urea groups is 1. The zero-order chi connectivity index (χ0) is 21.8. The first-order chi connectivity index (χ1) is 15.0. The van der Waals surface area contributed by atoms with Crippen LogP contribution < -0.4 is 26.0 Å². The fraction of sp³-hybridized carbons (Fsp3) is 0.238. The maximum atomic E-state index is 13.8. The van der Waals surface area contributed by atoms with Crippen LogP contribution >= 0.6 is 0 Å². The Morgan fingerprint density at radius 2 is 1.97 bits per heavy atom. The summed E-state index contributed by atoms with van der Waals surface area (Å²) in [5.74, 6) is -0.0884.